The summed E-state index contributed by atoms with van der Waals surface area (Å²) in [7, 11) is 0. The summed E-state index contributed by atoms with van der Waals surface area (Å²) in [6.07, 6.45) is 8.97. The first-order chi connectivity index (χ1) is 12.2. The molecule has 6 heteroatoms. The first-order valence-electron chi connectivity index (χ1n) is 9.60. The molecule has 0 unspecified atom stereocenters. The van der Waals surface area contributed by atoms with E-state index in [2.05, 4.69) is 5.32 Å². The van der Waals surface area contributed by atoms with Crippen LogP contribution in [0.2, 0.25) is 0 Å². The van der Waals surface area contributed by atoms with Gasteiger partial charge in [0.2, 0.25) is 0 Å². The van der Waals surface area contributed by atoms with Crippen molar-refractivity contribution in [1.82, 2.24) is 4.90 Å². The summed E-state index contributed by atoms with van der Waals surface area (Å²) in [4.78, 5) is 29.0. The van der Waals surface area contributed by atoms with Crippen LogP contribution in [0.4, 0.5) is 5.00 Å². The number of amides is 2. The van der Waals surface area contributed by atoms with E-state index in [-0.39, 0.29) is 17.9 Å². The van der Waals surface area contributed by atoms with Gasteiger partial charge >= 0.3 is 0 Å². The molecule has 2 fully saturated rings. The van der Waals surface area contributed by atoms with Crippen molar-refractivity contribution in [3.63, 3.8) is 0 Å². The Labute approximate surface area is 152 Å². The number of nitrogens with one attached hydrogen (secondary N) is 1. The van der Waals surface area contributed by atoms with Crippen molar-refractivity contribution < 1.29 is 14.3 Å². The zero-order chi connectivity index (χ0) is 17.2. The average molecular weight is 362 g/mol. The molecule has 1 aromatic heterocycles. The van der Waals surface area contributed by atoms with Gasteiger partial charge in [-0.2, -0.15) is 0 Å². The summed E-state index contributed by atoms with van der Waals surface area (Å²) in [6, 6.07) is 0. The Morgan fingerprint density at radius 3 is 2.60 bits per heavy atom. The quantitative estimate of drug-likeness (QED) is 0.897. The van der Waals surface area contributed by atoms with E-state index in [0.717, 1.165) is 68.6 Å². The van der Waals surface area contributed by atoms with Gasteiger partial charge in [0, 0.05) is 24.6 Å². The number of thiophene rings is 1. The van der Waals surface area contributed by atoms with Crippen LogP contribution in [0.15, 0.2) is 0 Å². The predicted octanol–water partition coefficient (Wildman–Crippen LogP) is 3.37. The van der Waals surface area contributed by atoms with Crippen molar-refractivity contribution in [3.8, 4) is 0 Å². The van der Waals surface area contributed by atoms with Gasteiger partial charge in [0.15, 0.2) is 0 Å². The maximum Gasteiger partial charge on any atom is 0.257 e. The molecule has 2 saturated heterocycles. The SMILES string of the molecule is O=C(Nc1sc2c(c1C(=O)N1CCCCC1)CCCC2)[C@H]1CCCO1. The molecule has 0 bridgehead atoms. The fraction of sp³-hybridized carbons (Fsp3) is 0.684. The highest BCUT2D eigenvalue weighted by molar-refractivity contribution is 7.17. The second-order valence-electron chi connectivity index (χ2n) is 7.26. The van der Waals surface area contributed by atoms with Crippen LogP contribution in [0.1, 0.15) is 65.7 Å². The van der Waals surface area contributed by atoms with Crippen molar-refractivity contribution >= 4 is 28.2 Å². The van der Waals surface area contributed by atoms with E-state index in [1.165, 1.54) is 23.3 Å². The largest absolute Gasteiger partial charge is 0.368 e. The lowest BCUT2D eigenvalue weighted by Gasteiger charge is -2.27. The van der Waals surface area contributed by atoms with Crippen LogP contribution in [-0.4, -0.2) is 42.5 Å². The highest BCUT2D eigenvalue weighted by Crippen LogP contribution is 2.39. The Kier molecular flexibility index (Phi) is 5.08. The Hall–Kier alpha value is -1.40. The smallest absolute Gasteiger partial charge is 0.257 e. The molecule has 1 aliphatic carbocycles. The minimum absolute atomic E-state index is 0.0937. The first-order valence-corrected chi connectivity index (χ1v) is 10.4. The Bertz CT molecular complexity index is 658. The van der Waals surface area contributed by atoms with Gasteiger partial charge < -0.3 is 15.0 Å². The molecule has 3 aliphatic rings. The molecule has 0 radical (unpaired) electrons. The van der Waals surface area contributed by atoms with Gasteiger partial charge in [-0.25, -0.2) is 0 Å². The third kappa shape index (κ3) is 3.47. The van der Waals surface area contributed by atoms with Gasteiger partial charge in [0.1, 0.15) is 11.1 Å². The van der Waals surface area contributed by atoms with Crippen molar-refractivity contribution in [2.45, 2.75) is 63.9 Å². The summed E-state index contributed by atoms with van der Waals surface area (Å²) < 4.78 is 5.50. The maximum atomic E-state index is 13.2. The minimum Gasteiger partial charge on any atom is -0.368 e. The lowest BCUT2D eigenvalue weighted by atomic mass is 9.94. The van der Waals surface area contributed by atoms with Crippen LogP contribution >= 0.6 is 11.3 Å². The molecule has 1 N–H and O–H groups in total. The molecule has 25 heavy (non-hydrogen) atoms. The van der Waals surface area contributed by atoms with E-state index in [1.807, 2.05) is 4.90 Å². The number of ether oxygens (including phenoxy) is 1. The number of rotatable bonds is 3. The first kappa shape index (κ1) is 17.0. The normalized spacial score (nSPS) is 23.4. The zero-order valence-corrected chi connectivity index (χ0v) is 15.5. The van der Waals surface area contributed by atoms with Crippen molar-refractivity contribution in [2.75, 3.05) is 25.0 Å². The summed E-state index contributed by atoms with van der Waals surface area (Å²) in [5, 5.41) is 3.79. The lowest BCUT2D eigenvalue weighted by Crippen LogP contribution is -2.36. The highest BCUT2D eigenvalue weighted by Gasteiger charge is 2.31. The second-order valence-corrected chi connectivity index (χ2v) is 8.36. The fourth-order valence-electron chi connectivity index (χ4n) is 4.11. The lowest BCUT2D eigenvalue weighted by molar-refractivity contribution is -0.124. The van der Waals surface area contributed by atoms with Gasteiger partial charge in [0.05, 0.1) is 5.56 Å². The molecule has 1 aromatic rings. The number of anilines is 1. The van der Waals surface area contributed by atoms with E-state index < -0.39 is 0 Å². The average Bonchev–Trinajstić information content (AvgIpc) is 3.29. The van der Waals surface area contributed by atoms with E-state index in [0.29, 0.717) is 6.61 Å². The molecule has 3 heterocycles. The van der Waals surface area contributed by atoms with Crippen molar-refractivity contribution in [2.24, 2.45) is 0 Å². The molecule has 4 rings (SSSR count). The van der Waals surface area contributed by atoms with E-state index in [1.54, 1.807) is 11.3 Å². The molecule has 5 nitrogen and oxygen atoms in total. The van der Waals surface area contributed by atoms with Crippen LogP contribution in [0.5, 0.6) is 0 Å². The zero-order valence-electron chi connectivity index (χ0n) is 14.6. The summed E-state index contributed by atoms with van der Waals surface area (Å²) >= 11 is 1.61. The number of nitrogens with zero attached hydrogens (tertiary/aromatic N) is 1. The monoisotopic (exact) mass is 362 g/mol. The van der Waals surface area contributed by atoms with Gasteiger partial charge in [-0.15, -0.1) is 11.3 Å². The van der Waals surface area contributed by atoms with Crippen molar-refractivity contribution in [3.05, 3.63) is 16.0 Å². The Morgan fingerprint density at radius 2 is 1.84 bits per heavy atom. The number of likely N-dealkylation sites (tertiary alicyclic amines) is 1. The topological polar surface area (TPSA) is 58.6 Å². The van der Waals surface area contributed by atoms with Gasteiger partial charge in [-0.05, 0) is 63.4 Å². The highest BCUT2D eigenvalue weighted by atomic mass is 32.1. The van der Waals surface area contributed by atoms with Crippen LogP contribution in [-0.2, 0) is 22.4 Å². The summed E-state index contributed by atoms with van der Waals surface area (Å²) in [6.45, 7) is 2.32. The molecule has 1 atom stereocenters. The summed E-state index contributed by atoms with van der Waals surface area (Å²) in [5.74, 6) is 0.0190. The van der Waals surface area contributed by atoms with Crippen LogP contribution in [0.3, 0.4) is 0 Å². The van der Waals surface area contributed by atoms with Crippen LogP contribution in [0, 0.1) is 0 Å². The summed E-state index contributed by atoms with van der Waals surface area (Å²) in [5.41, 5.74) is 1.96. The second kappa shape index (κ2) is 7.46. The van der Waals surface area contributed by atoms with Crippen molar-refractivity contribution in [1.29, 1.82) is 0 Å². The molecule has 2 aliphatic heterocycles. The van der Waals surface area contributed by atoms with E-state index in [9.17, 15) is 9.59 Å². The van der Waals surface area contributed by atoms with Gasteiger partial charge in [-0.3, -0.25) is 9.59 Å². The predicted molar refractivity (Wildman–Crippen MR) is 98.3 cm³/mol. The minimum atomic E-state index is -0.364. The number of hydrogen-bond acceptors (Lipinski definition) is 4. The third-order valence-electron chi connectivity index (χ3n) is 5.49. The number of aryl methyl sites for hydroxylation is 1. The number of hydrogen-bond donors (Lipinski definition) is 1. The number of fused-ring (bicyclic) bond motifs is 1. The van der Waals surface area contributed by atoms with Gasteiger partial charge in [-0.1, -0.05) is 0 Å². The third-order valence-corrected chi connectivity index (χ3v) is 6.69. The molecular weight excluding hydrogens is 336 g/mol. The van der Waals surface area contributed by atoms with E-state index in [4.69, 9.17) is 4.74 Å². The Balaban J connectivity index is 1.62. The molecule has 0 saturated carbocycles. The van der Waals surface area contributed by atoms with E-state index >= 15 is 0 Å². The fourth-order valence-corrected chi connectivity index (χ4v) is 5.40. The standard InChI is InChI=1S/C19H26N2O3S/c22-17(14-8-6-12-24-14)20-18-16(13-7-2-3-9-15(13)25-18)19(23)21-10-4-1-5-11-21/h14H,1-12H2,(H,20,22)/t14-/m1/s1. The molecule has 136 valence electrons. The van der Waals surface area contributed by atoms with Crippen LogP contribution in [0.25, 0.3) is 0 Å². The maximum absolute atomic E-state index is 13.2. The van der Waals surface area contributed by atoms with Gasteiger partial charge in [0.25, 0.3) is 11.8 Å². The van der Waals surface area contributed by atoms with Crippen LogP contribution < -0.4 is 5.32 Å². The molecule has 2 amide bonds. The Morgan fingerprint density at radius 1 is 1.04 bits per heavy atom. The molecule has 0 spiro atoms. The molecular formula is C19H26N2O3S. The number of carbonyl (C=O) groups excluding carboxylic acids is 2. The number of piperidine rings is 1. The molecule has 0 aromatic carbocycles. The number of carbonyl (C=O) groups is 2.